The first-order valence-electron chi connectivity index (χ1n) is 8.73. The number of nitrogens with zero attached hydrogens (tertiary/aromatic N) is 1. The van der Waals surface area contributed by atoms with E-state index in [1.165, 1.54) is 30.6 Å². The van der Waals surface area contributed by atoms with Crippen LogP contribution in [0.5, 0.6) is 0 Å². The number of carbonyl (C=O) groups excluding carboxylic acids is 3. The topological polar surface area (TPSA) is 66.5 Å². The molecular weight excluding hydrogens is 280 g/mol. The highest BCUT2D eigenvalue weighted by Gasteiger charge is 2.53. The molecule has 0 bridgehead atoms. The van der Waals surface area contributed by atoms with Crippen molar-refractivity contribution in [2.75, 3.05) is 6.54 Å². The Morgan fingerprint density at radius 2 is 1.73 bits per heavy atom. The molecule has 0 aromatic carbocycles. The lowest BCUT2D eigenvalue weighted by molar-refractivity contribution is -0.145. The fourth-order valence-electron chi connectivity index (χ4n) is 4.37. The molecule has 4 aliphatic rings. The largest absolute Gasteiger partial charge is 0.351 e. The second-order valence-electron chi connectivity index (χ2n) is 7.72. The van der Waals surface area contributed by atoms with Crippen LogP contribution in [-0.2, 0) is 14.4 Å². The quantitative estimate of drug-likeness (QED) is 0.785. The predicted molar refractivity (Wildman–Crippen MR) is 79.6 cm³/mol. The molecule has 3 saturated carbocycles. The first-order valence-corrected chi connectivity index (χ1v) is 8.73. The van der Waals surface area contributed by atoms with Gasteiger partial charge in [-0.2, -0.15) is 0 Å². The summed E-state index contributed by atoms with van der Waals surface area (Å²) in [5, 5.41) is 3.10. The molecule has 0 aromatic rings. The molecule has 4 fully saturated rings. The molecule has 0 aromatic heterocycles. The summed E-state index contributed by atoms with van der Waals surface area (Å²) in [5.74, 6) is 0.849. The van der Waals surface area contributed by atoms with E-state index in [1.807, 2.05) is 0 Å². The van der Waals surface area contributed by atoms with Crippen molar-refractivity contribution in [3.8, 4) is 0 Å². The predicted octanol–water partition coefficient (Wildman–Crippen LogP) is 1.61. The van der Waals surface area contributed by atoms with E-state index >= 15 is 0 Å². The Hall–Kier alpha value is -1.39. The molecular formula is C17H24N2O3. The van der Waals surface area contributed by atoms with Crippen molar-refractivity contribution in [3.05, 3.63) is 0 Å². The SMILES string of the molecule is O=C(CN1C(=O)CC2(CCCC2)C1=O)NC(C1CC1)C1CC1. The van der Waals surface area contributed by atoms with Crippen molar-refractivity contribution in [1.82, 2.24) is 10.2 Å². The number of imide groups is 1. The Morgan fingerprint density at radius 3 is 2.27 bits per heavy atom. The molecule has 1 N–H and O–H groups in total. The minimum Gasteiger partial charge on any atom is -0.351 e. The van der Waals surface area contributed by atoms with E-state index in [0.717, 1.165) is 25.7 Å². The summed E-state index contributed by atoms with van der Waals surface area (Å²) in [6.45, 7) is -0.0741. The highest BCUT2D eigenvalue weighted by Crippen LogP contribution is 2.47. The van der Waals surface area contributed by atoms with Gasteiger partial charge in [0.05, 0.1) is 5.41 Å². The van der Waals surface area contributed by atoms with Crippen molar-refractivity contribution in [2.45, 2.75) is 63.8 Å². The number of carbonyl (C=O) groups is 3. The number of hydrogen-bond donors (Lipinski definition) is 1. The van der Waals surface area contributed by atoms with E-state index in [0.29, 0.717) is 18.3 Å². The number of amides is 3. The molecule has 22 heavy (non-hydrogen) atoms. The summed E-state index contributed by atoms with van der Waals surface area (Å²) in [4.78, 5) is 38.3. The molecule has 3 amide bonds. The maximum atomic E-state index is 12.6. The van der Waals surface area contributed by atoms with E-state index in [1.54, 1.807) is 0 Å². The highest BCUT2D eigenvalue weighted by atomic mass is 16.2. The second-order valence-corrected chi connectivity index (χ2v) is 7.72. The third-order valence-electron chi connectivity index (χ3n) is 5.94. The van der Waals surface area contributed by atoms with Gasteiger partial charge in [0.1, 0.15) is 6.54 Å². The molecule has 4 rings (SSSR count). The lowest BCUT2D eigenvalue weighted by Crippen LogP contribution is -2.46. The van der Waals surface area contributed by atoms with Gasteiger partial charge in [-0.1, -0.05) is 12.8 Å². The third-order valence-corrected chi connectivity index (χ3v) is 5.94. The lowest BCUT2D eigenvalue weighted by Gasteiger charge is -2.22. The van der Waals surface area contributed by atoms with Gasteiger partial charge in [0.15, 0.2) is 0 Å². The zero-order chi connectivity index (χ0) is 15.3. The number of likely N-dealkylation sites (tertiary alicyclic amines) is 1. The minimum absolute atomic E-state index is 0.0741. The Bertz CT molecular complexity index is 504. The normalized spacial score (nSPS) is 27.2. The fourth-order valence-corrected chi connectivity index (χ4v) is 4.37. The van der Waals surface area contributed by atoms with Gasteiger partial charge in [-0.05, 0) is 50.4 Å². The van der Waals surface area contributed by atoms with Crippen LogP contribution in [0.4, 0.5) is 0 Å². The molecule has 1 aliphatic heterocycles. The van der Waals surface area contributed by atoms with Crippen molar-refractivity contribution < 1.29 is 14.4 Å². The van der Waals surface area contributed by atoms with Gasteiger partial charge in [-0.3, -0.25) is 19.3 Å². The van der Waals surface area contributed by atoms with Crippen LogP contribution in [0, 0.1) is 17.3 Å². The van der Waals surface area contributed by atoms with E-state index in [2.05, 4.69) is 5.32 Å². The molecule has 1 spiro atoms. The Labute approximate surface area is 130 Å². The third kappa shape index (κ3) is 2.44. The number of hydrogen-bond acceptors (Lipinski definition) is 3. The van der Waals surface area contributed by atoms with E-state index in [-0.39, 0.29) is 30.3 Å². The summed E-state index contributed by atoms with van der Waals surface area (Å²) in [5.41, 5.74) is -0.469. The molecule has 1 saturated heterocycles. The van der Waals surface area contributed by atoms with Gasteiger partial charge in [-0.25, -0.2) is 0 Å². The second kappa shape index (κ2) is 5.07. The standard InChI is InChI=1S/C17H24N2O3/c20-13(18-15(11-3-4-11)12-5-6-12)10-19-14(21)9-17(16(19)22)7-1-2-8-17/h11-12,15H,1-10H2,(H,18,20). The van der Waals surface area contributed by atoms with E-state index in [9.17, 15) is 14.4 Å². The fraction of sp³-hybridized carbons (Fsp3) is 0.824. The first kappa shape index (κ1) is 14.2. The van der Waals surface area contributed by atoms with Crippen LogP contribution in [-0.4, -0.2) is 35.2 Å². The summed E-state index contributed by atoms with van der Waals surface area (Å²) >= 11 is 0. The van der Waals surface area contributed by atoms with Crippen LogP contribution >= 0.6 is 0 Å². The van der Waals surface area contributed by atoms with Crippen molar-refractivity contribution >= 4 is 17.7 Å². The van der Waals surface area contributed by atoms with Crippen molar-refractivity contribution in [3.63, 3.8) is 0 Å². The van der Waals surface area contributed by atoms with Crippen molar-refractivity contribution in [1.29, 1.82) is 0 Å². The summed E-state index contributed by atoms with van der Waals surface area (Å²) in [6, 6.07) is 0.278. The minimum atomic E-state index is -0.469. The van der Waals surface area contributed by atoms with Crippen LogP contribution in [0.3, 0.4) is 0 Å². The maximum Gasteiger partial charge on any atom is 0.240 e. The van der Waals surface area contributed by atoms with Gasteiger partial charge >= 0.3 is 0 Å². The van der Waals surface area contributed by atoms with Gasteiger partial charge in [0.2, 0.25) is 17.7 Å². The summed E-state index contributed by atoms with van der Waals surface area (Å²) in [6.07, 6.45) is 8.77. The maximum absolute atomic E-state index is 12.6. The molecule has 120 valence electrons. The Kier molecular flexibility index (Phi) is 3.27. The first-order chi connectivity index (χ1) is 10.6. The lowest BCUT2D eigenvalue weighted by atomic mass is 9.84. The van der Waals surface area contributed by atoms with Crippen LogP contribution in [0.15, 0.2) is 0 Å². The zero-order valence-electron chi connectivity index (χ0n) is 13.0. The van der Waals surface area contributed by atoms with Crippen LogP contribution in [0.1, 0.15) is 57.8 Å². The van der Waals surface area contributed by atoms with Crippen molar-refractivity contribution in [2.24, 2.45) is 17.3 Å². The highest BCUT2D eigenvalue weighted by molar-refractivity contribution is 6.08. The molecule has 0 radical (unpaired) electrons. The molecule has 5 heteroatoms. The summed E-state index contributed by atoms with van der Waals surface area (Å²) < 4.78 is 0. The Morgan fingerprint density at radius 1 is 1.14 bits per heavy atom. The van der Waals surface area contributed by atoms with Gasteiger partial charge in [0.25, 0.3) is 0 Å². The van der Waals surface area contributed by atoms with Crippen LogP contribution in [0.25, 0.3) is 0 Å². The molecule has 0 unspecified atom stereocenters. The molecule has 3 aliphatic carbocycles. The molecule has 1 heterocycles. The number of rotatable bonds is 5. The van der Waals surface area contributed by atoms with Crippen LogP contribution < -0.4 is 5.32 Å². The smallest absolute Gasteiger partial charge is 0.240 e. The monoisotopic (exact) mass is 304 g/mol. The summed E-state index contributed by atoms with van der Waals surface area (Å²) in [7, 11) is 0. The Balaban J connectivity index is 1.38. The van der Waals surface area contributed by atoms with Gasteiger partial charge in [-0.15, -0.1) is 0 Å². The van der Waals surface area contributed by atoms with E-state index < -0.39 is 5.41 Å². The van der Waals surface area contributed by atoms with Gasteiger partial charge in [0, 0.05) is 12.5 Å². The van der Waals surface area contributed by atoms with Gasteiger partial charge < -0.3 is 5.32 Å². The van der Waals surface area contributed by atoms with Crippen LogP contribution in [0.2, 0.25) is 0 Å². The number of nitrogens with one attached hydrogen (secondary N) is 1. The average molecular weight is 304 g/mol. The zero-order valence-corrected chi connectivity index (χ0v) is 13.0. The average Bonchev–Trinajstić information content (AvgIpc) is 3.40. The molecule has 0 atom stereocenters. The van der Waals surface area contributed by atoms with E-state index in [4.69, 9.17) is 0 Å². The molecule has 5 nitrogen and oxygen atoms in total.